The van der Waals surface area contributed by atoms with Gasteiger partial charge < -0.3 is 15.8 Å². The first kappa shape index (κ1) is 14.0. The number of hydrogen-bond donors (Lipinski definition) is 2. The molecule has 1 unspecified atom stereocenters. The van der Waals surface area contributed by atoms with Crippen LogP contribution in [0.15, 0.2) is 11.4 Å². The van der Waals surface area contributed by atoms with Crippen LogP contribution in [0.4, 0.5) is 0 Å². The fraction of sp³-hybridized carbons (Fsp3) is 0.583. The molecule has 0 saturated carbocycles. The van der Waals surface area contributed by atoms with Gasteiger partial charge in [0.05, 0.1) is 7.11 Å². The molecule has 1 aromatic heterocycles. The number of methoxy groups -OCH3 is 1. The smallest absolute Gasteiger partial charge is 0.265 e. The van der Waals surface area contributed by atoms with Crippen LogP contribution in [-0.4, -0.2) is 25.6 Å². The number of rotatable bonds is 7. The minimum atomic E-state index is -0.0941. The van der Waals surface area contributed by atoms with Crippen molar-refractivity contribution in [2.75, 3.05) is 13.7 Å². The van der Waals surface area contributed by atoms with Crippen molar-refractivity contribution in [3.05, 3.63) is 16.3 Å². The van der Waals surface area contributed by atoms with E-state index < -0.39 is 0 Å². The van der Waals surface area contributed by atoms with E-state index in [4.69, 9.17) is 10.5 Å². The Morgan fingerprint density at radius 2 is 2.41 bits per heavy atom. The number of carbonyl (C=O) groups is 1. The molecule has 0 aliphatic rings. The van der Waals surface area contributed by atoms with Crippen LogP contribution in [0.3, 0.4) is 0 Å². The lowest BCUT2D eigenvalue weighted by atomic mass is 10.1. The standard InChI is InChI=1S/C12H20N2O2S/c1-3-4-5-9(8-13)14-12(15)11-10(16-2)6-7-17-11/h6-7,9H,3-5,8,13H2,1-2H3,(H,14,15). The second-order valence-electron chi connectivity index (χ2n) is 3.87. The third-order valence-corrected chi connectivity index (χ3v) is 3.48. The van der Waals surface area contributed by atoms with Gasteiger partial charge in [0.2, 0.25) is 0 Å². The van der Waals surface area contributed by atoms with Crippen molar-refractivity contribution in [1.82, 2.24) is 5.32 Å². The number of nitrogens with one attached hydrogen (secondary N) is 1. The molecule has 0 aliphatic heterocycles. The molecular formula is C12H20N2O2S. The quantitative estimate of drug-likeness (QED) is 0.784. The fourth-order valence-electron chi connectivity index (χ4n) is 1.57. The summed E-state index contributed by atoms with van der Waals surface area (Å²) in [5, 5.41) is 4.79. The molecule has 0 aromatic carbocycles. The van der Waals surface area contributed by atoms with E-state index in [0.29, 0.717) is 17.2 Å². The zero-order valence-electron chi connectivity index (χ0n) is 10.4. The van der Waals surface area contributed by atoms with E-state index in [2.05, 4.69) is 12.2 Å². The number of unbranched alkanes of at least 4 members (excludes halogenated alkanes) is 1. The van der Waals surface area contributed by atoms with Gasteiger partial charge in [0, 0.05) is 12.6 Å². The predicted octanol–water partition coefficient (Wildman–Crippen LogP) is 2.00. The van der Waals surface area contributed by atoms with E-state index in [1.54, 1.807) is 13.2 Å². The second-order valence-corrected chi connectivity index (χ2v) is 4.78. The maximum atomic E-state index is 12.0. The largest absolute Gasteiger partial charge is 0.495 e. The highest BCUT2D eigenvalue weighted by Crippen LogP contribution is 2.24. The lowest BCUT2D eigenvalue weighted by Crippen LogP contribution is -2.39. The number of nitrogens with two attached hydrogens (primary N) is 1. The summed E-state index contributed by atoms with van der Waals surface area (Å²) in [6, 6.07) is 1.84. The van der Waals surface area contributed by atoms with Crippen molar-refractivity contribution in [3.63, 3.8) is 0 Å². The molecule has 0 bridgehead atoms. The molecule has 17 heavy (non-hydrogen) atoms. The molecule has 0 saturated heterocycles. The molecular weight excluding hydrogens is 236 g/mol. The number of hydrogen-bond acceptors (Lipinski definition) is 4. The lowest BCUT2D eigenvalue weighted by molar-refractivity contribution is 0.0937. The van der Waals surface area contributed by atoms with E-state index in [0.717, 1.165) is 19.3 Å². The summed E-state index contributed by atoms with van der Waals surface area (Å²) in [5.74, 6) is 0.530. The maximum Gasteiger partial charge on any atom is 0.265 e. The molecule has 1 amide bonds. The van der Waals surface area contributed by atoms with E-state index >= 15 is 0 Å². The number of amides is 1. The molecule has 1 heterocycles. The molecule has 1 rings (SSSR count). The van der Waals surface area contributed by atoms with E-state index in [1.807, 2.05) is 5.38 Å². The van der Waals surface area contributed by atoms with Crippen LogP contribution in [0.1, 0.15) is 35.9 Å². The number of thiophene rings is 1. The van der Waals surface area contributed by atoms with Crippen LogP contribution in [0.2, 0.25) is 0 Å². The summed E-state index contributed by atoms with van der Waals surface area (Å²) in [6.07, 6.45) is 3.10. The van der Waals surface area contributed by atoms with E-state index in [1.165, 1.54) is 11.3 Å². The van der Waals surface area contributed by atoms with Crippen LogP contribution >= 0.6 is 11.3 Å². The van der Waals surface area contributed by atoms with Gasteiger partial charge in [0.25, 0.3) is 5.91 Å². The van der Waals surface area contributed by atoms with Gasteiger partial charge in [0.15, 0.2) is 0 Å². The summed E-state index contributed by atoms with van der Waals surface area (Å²) >= 11 is 1.38. The van der Waals surface area contributed by atoms with Crippen molar-refractivity contribution < 1.29 is 9.53 Å². The SMILES string of the molecule is CCCCC(CN)NC(=O)c1sccc1OC. The molecule has 0 radical (unpaired) electrons. The Balaban J connectivity index is 2.58. The molecule has 3 N–H and O–H groups in total. The summed E-state index contributed by atoms with van der Waals surface area (Å²) in [5.41, 5.74) is 5.64. The molecule has 0 aliphatic carbocycles. The van der Waals surface area contributed by atoms with Crippen LogP contribution in [0.5, 0.6) is 5.75 Å². The van der Waals surface area contributed by atoms with Gasteiger partial charge in [0.1, 0.15) is 10.6 Å². The van der Waals surface area contributed by atoms with Crippen LogP contribution in [0, 0.1) is 0 Å². The average Bonchev–Trinajstić information content (AvgIpc) is 2.82. The van der Waals surface area contributed by atoms with E-state index in [9.17, 15) is 4.79 Å². The zero-order valence-corrected chi connectivity index (χ0v) is 11.2. The minimum absolute atomic E-state index is 0.0502. The summed E-state index contributed by atoms with van der Waals surface area (Å²) < 4.78 is 5.12. The van der Waals surface area contributed by atoms with Crippen LogP contribution in [0.25, 0.3) is 0 Å². The van der Waals surface area contributed by atoms with Gasteiger partial charge in [-0.1, -0.05) is 19.8 Å². The summed E-state index contributed by atoms with van der Waals surface area (Å²) in [6.45, 7) is 2.59. The van der Waals surface area contributed by atoms with Crippen molar-refractivity contribution in [2.45, 2.75) is 32.2 Å². The number of carbonyl (C=O) groups excluding carboxylic acids is 1. The van der Waals surface area contributed by atoms with Gasteiger partial charge in [-0.15, -0.1) is 11.3 Å². The van der Waals surface area contributed by atoms with Crippen molar-refractivity contribution in [2.24, 2.45) is 5.73 Å². The topological polar surface area (TPSA) is 64.3 Å². The minimum Gasteiger partial charge on any atom is -0.495 e. The highest BCUT2D eigenvalue weighted by Gasteiger charge is 2.17. The molecule has 0 fully saturated rings. The first-order valence-electron chi connectivity index (χ1n) is 5.85. The third-order valence-electron chi connectivity index (χ3n) is 2.58. The molecule has 5 heteroatoms. The van der Waals surface area contributed by atoms with Crippen LogP contribution < -0.4 is 15.8 Å². The van der Waals surface area contributed by atoms with Crippen molar-refractivity contribution in [1.29, 1.82) is 0 Å². The first-order valence-corrected chi connectivity index (χ1v) is 6.73. The highest BCUT2D eigenvalue weighted by molar-refractivity contribution is 7.12. The maximum absolute atomic E-state index is 12.0. The van der Waals surface area contributed by atoms with Crippen LogP contribution in [-0.2, 0) is 0 Å². The Labute approximate surface area is 106 Å². The lowest BCUT2D eigenvalue weighted by Gasteiger charge is -2.16. The first-order chi connectivity index (χ1) is 8.22. The molecule has 4 nitrogen and oxygen atoms in total. The van der Waals surface area contributed by atoms with Gasteiger partial charge >= 0.3 is 0 Å². The monoisotopic (exact) mass is 256 g/mol. The fourth-order valence-corrected chi connectivity index (χ4v) is 2.34. The van der Waals surface area contributed by atoms with Gasteiger partial charge in [-0.25, -0.2) is 0 Å². The Hall–Kier alpha value is -1.07. The molecule has 96 valence electrons. The van der Waals surface area contributed by atoms with Gasteiger partial charge in [-0.05, 0) is 17.9 Å². The average molecular weight is 256 g/mol. The normalized spacial score (nSPS) is 12.2. The molecule has 1 atom stereocenters. The van der Waals surface area contributed by atoms with Gasteiger partial charge in [-0.3, -0.25) is 4.79 Å². The summed E-state index contributed by atoms with van der Waals surface area (Å²) in [4.78, 5) is 12.6. The summed E-state index contributed by atoms with van der Waals surface area (Å²) in [7, 11) is 1.57. The second kappa shape index (κ2) is 7.29. The highest BCUT2D eigenvalue weighted by atomic mass is 32.1. The van der Waals surface area contributed by atoms with Crippen molar-refractivity contribution >= 4 is 17.2 Å². The number of ether oxygens (including phenoxy) is 1. The molecule has 0 spiro atoms. The van der Waals surface area contributed by atoms with Gasteiger partial charge in [-0.2, -0.15) is 0 Å². The van der Waals surface area contributed by atoms with Crippen molar-refractivity contribution in [3.8, 4) is 5.75 Å². The third kappa shape index (κ3) is 4.02. The Kier molecular flexibility index (Phi) is 6.00. The molecule has 1 aromatic rings. The zero-order chi connectivity index (χ0) is 12.7. The predicted molar refractivity (Wildman–Crippen MR) is 70.7 cm³/mol. The Morgan fingerprint density at radius 3 is 3.00 bits per heavy atom. The Bertz CT molecular complexity index is 352. The van der Waals surface area contributed by atoms with E-state index in [-0.39, 0.29) is 11.9 Å². The Morgan fingerprint density at radius 1 is 1.65 bits per heavy atom.